The summed E-state index contributed by atoms with van der Waals surface area (Å²) in [5, 5.41) is 12.6. The van der Waals surface area contributed by atoms with Crippen LogP contribution in [0, 0.1) is 5.92 Å². The molecule has 1 N–H and O–H groups in total. The van der Waals surface area contributed by atoms with Gasteiger partial charge in [-0.15, -0.1) is 10.2 Å². The molecule has 0 spiro atoms. The van der Waals surface area contributed by atoms with Gasteiger partial charge in [0.15, 0.2) is 11.0 Å². The van der Waals surface area contributed by atoms with Gasteiger partial charge in [-0.25, -0.2) is 0 Å². The molecule has 28 heavy (non-hydrogen) atoms. The molecule has 1 aliphatic heterocycles. The van der Waals surface area contributed by atoms with E-state index in [2.05, 4.69) is 22.4 Å². The molecule has 2 heterocycles. The first-order chi connectivity index (χ1) is 13.6. The van der Waals surface area contributed by atoms with Crippen molar-refractivity contribution < 1.29 is 9.59 Å². The number of nitrogens with one attached hydrogen (secondary N) is 1. The Labute approximate surface area is 172 Å². The number of hydrogen-bond donors (Lipinski definition) is 1. The van der Waals surface area contributed by atoms with E-state index >= 15 is 0 Å². The Morgan fingerprint density at radius 3 is 2.79 bits per heavy atom. The summed E-state index contributed by atoms with van der Waals surface area (Å²) >= 11 is 1.43. The van der Waals surface area contributed by atoms with Gasteiger partial charge in [0.25, 0.3) is 0 Å². The summed E-state index contributed by atoms with van der Waals surface area (Å²) in [6.07, 6.45) is 8.51. The lowest BCUT2D eigenvalue weighted by molar-refractivity contribution is -0.131. The first kappa shape index (κ1) is 21.1. The van der Waals surface area contributed by atoms with Crippen LogP contribution in [0.5, 0.6) is 0 Å². The Hall–Kier alpha value is -1.57. The number of rotatable bonds is 7. The number of hydrogen-bond acceptors (Lipinski definition) is 5. The molecule has 0 bridgehead atoms. The number of likely N-dealkylation sites (tertiary alicyclic amines) is 1. The molecule has 0 radical (unpaired) electrons. The van der Waals surface area contributed by atoms with Crippen LogP contribution < -0.4 is 5.32 Å². The maximum Gasteiger partial charge on any atom is 0.230 e. The Kier molecular flexibility index (Phi) is 7.76. The van der Waals surface area contributed by atoms with Crippen molar-refractivity contribution in [1.82, 2.24) is 25.0 Å². The smallest absolute Gasteiger partial charge is 0.230 e. The molecule has 1 aliphatic carbocycles. The SMILES string of the molecule is CCn1c(CN2CCCCCC2=O)nnc1SCC(=O)N[C@H]1CCCC[C@@H]1C. The lowest BCUT2D eigenvalue weighted by Gasteiger charge is -2.29. The minimum Gasteiger partial charge on any atom is -0.352 e. The molecule has 1 saturated heterocycles. The van der Waals surface area contributed by atoms with Crippen LogP contribution in [0.3, 0.4) is 0 Å². The number of nitrogens with zero attached hydrogens (tertiary/aromatic N) is 4. The third-order valence-corrected chi connectivity index (χ3v) is 6.87. The van der Waals surface area contributed by atoms with Crippen molar-refractivity contribution in [1.29, 1.82) is 0 Å². The van der Waals surface area contributed by atoms with Crippen LogP contribution in [0.4, 0.5) is 0 Å². The van der Waals surface area contributed by atoms with Crippen molar-refractivity contribution in [3.8, 4) is 0 Å². The summed E-state index contributed by atoms with van der Waals surface area (Å²) in [5.41, 5.74) is 0. The molecule has 7 nitrogen and oxygen atoms in total. The molecule has 8 heteroatoms. The highest BCUT2D eigenvalue weighted by Gasteiger charge is 2.24. The molecule has 2 aliphatic rings. The van der Waals surface area contributed by atoms with Gasteiger partial charge < -0.3 is 14.8 Å². The van der Waals surface area contributed by atoms with Crippen LogP contribution in [-0.4, -0.2) is 49.8 Å². The highest BCUT2D eigenvalue weighted by molar-refractivity contribution is 7.99. The average molecular weight is 408 g/mol. The second-order valence-electron chi connectivity index (χ2n) is 7.99. The zero-order valence-corrected chi connectivity index (χ0v) is 18.0. The standard InChI is InChI=1S/C20H33N5O2S/c1-3-25-17(13-24-12-8-4-5-11-19(24)27)22-23-20(25)28-14-18(26)21-16-10-7-6-9-15(16)2/h15-16H,3-14H2,1-2H3,(H,21,26)/t15-,16-/m0/s1. The van der Waals surface area contributed by atoms with Crippen molar-refractivity contribution in [2.24, 2.45) is 5.92 Å². The predicted octanol–water partition coefficient (Wildman–Crippen LogP) is 2.99. The molecule has 3 rings (SSSR count). The van der Waals surface area contributed by atoms with Crippen molar-refractivity contribution in [2.45, 2.75) is 89.5 Å². The molecule has 0 aromatic carbocycles. The lowest BCUT2D eigenvalue weighted by Crippen LogP contribution is -2.41. The van der Waals surface area contributed by atoms with E-state index in [9.17, 15) is 9.59 Å². The second kappa shape index (κ2) is 10.3. The van der Waals surface area contributed by atoms with E-state index in [4.69, 9.17) is 0 Å². The molecule has 156 valence electrons. The van der Waals surface area contributed by atoms with E-state index in [0.29, 0.717) is 30.7 Å². The molecule has 1 saturated carbocycles. The third-order valence-electron chi connectivity index (χ3n) is 5.90. The van der Waals surface area contributed by atoms with Gasteiger partial charge in [0.05, 0.1) is 12.3 Å². The van der Waals surface area contributed by atoms with Crippen molar-refractivity contribution in [3.05, 3.63) is 5.82 Å². The van der Waals surface area contributed by atoms with Gasteiger partial charge in [0, 0.05) is 25.6 Å². The second-order valence-corrected chi connectivity index (χ2v) is 8.94. The summed E-state index contributed by atoms with van der Waals surface area (Å²) in [6, 6.07) is 0.301. The highest BCUT2D eigenvalue weighted by Crippen LogP contribution is 2.24. The molecule has 2 atom stereocenters. The zero-order valence-electron chi connectivity index (χ0n) is 17.2. The van der Waals surface area contributed by atoms with Crippen LogP contribution in [0.15, 0.2) is 5.16 Å². The maximum atomic E-state index is 12.4. The number of carbonyl (C=O) groups excluding carboxylic acids is 2. The van der Waals surface area contributed by atoms with E-state index in [-0.39, 0.29) is 11.8 Å². The Morgan fingerprint density at radius 1 is 1.18 bits per heavy atom. The van der Waals surface area contributed by atoms with E-state index in [1.54, 1.807) is 0 Å². The molecule has 1 aromatic rings. The Balaban J connectivity index is 1.55. The van der Waals surface area contributed by atoms with Gasteiger partial charge in [-0.2, -0.15) is 0 Å². The van der Waals surface area contributed by atoms with Gasteiger partial charge in [-0.3, -0.25) is 9.59 Å². The summed E-state index contributed by atoms with van der Waals surface area (Å²) in [4.78, 5) is 26.6. The molecular formula is C20H33N5O2S. The van der Waals surface area contributed by atoms with E-state index in [1.165, 1.54) is 31.0 Å². The van der Waals surface area contributed by atoms with Gasteiger partial charge in [0.2, 0.25) is 11.8 Å². The summed E-state index contributed by atoms with van der Waals surface area (Å²) in [5.74, 6) is 1.99. The van der Waals surface area contributed by atoms with Crippen molar-refractivity contribution in [2.75, 3.05) is 12.3 Å². The van der Waals surface area contributed by atoms with E-state index in [1.807, 2.05) is 16.4 Å². The van der Waals surface area contributed by atoms with Gasteiger partial charge in [0.1, 0.15) is 0 Å². The van der Waals surface area contributed by atoms with Crippen LogP contribution in [0.1, 0.15) is 71.0 Å². The number of aromatic nitrogens is 3. The molecular weight excluding hydrogens is 374 g/mol. The number of thioether (sulfide) groups is 1. The summed E-state index contributed by atoms with van der Waals surface area (Å²) < 4.78 is 2.03. The quantitative estimate of drug-likeness (QED) is 0.703. The topological polar surface area (TPSA) is 80.1 Å². The number of carbonyl (C=O) groups is 2. The fourth-order valence-electron chi connectivity index (χ4n) is 4.15. The Morgan fingerprint density at radius 2 is 2.00 bits per heavy atom. The highest BCUT2D eigenvalue weighted by atomic mass is 32.2. The largest absolute Gasteiger partial charge is 0.352 e. The van der Waals surface area contributed by atoms with Gasteiger partial charge >= 0.3 is 0 Å². The van der Waals surface area contributed by atoms with Crippen LogP contribution >= 0.6 is 11.8 Å². The van der Waals surface area contributed by atoms with Crippen molar-refractivity contribution >= 4 is 23.6 Å². The van der Waals surface area contributed by atoms with Gasteiger partial charge in [-0.05, 0) is 38.5 Å². The monoisotopic (exact) mass is 407 g/mol. The van der Waals surface area contributed by atoms with E-state index in [0.717, 1.165) is 49.8 Å². The fourth-order valence-corrected chi connectivity index (χ4v) is 4.98. The summed E-state index contributed by atoms with van der Waals surface area (Å²) in [7, 11) is 0. The lowest BCUT2D eigenvalue weighted by atomic mass is 9.86. The van der Waals surface area contributed by atoms with Crippen LogP contribution in [0.25, 0.3) is 0 Å². The average Bonchev–Trinajstić information content (AvgIpc) is 2.96. The predicted molar refractivity (Wildman–Crippen MR) is 110 cm³/mol. The summed E-state index contributed by atoms with van der Waals surface area (Å²) in [6.45, 7) is 6.30. The maximum absolute atomic E-state index is 12.4. The van der Waals surface area contributed by atoms with E-state index < -0.39 is 0 Å². The first-order valence-electron chi connectivity index (χ1n) is 10.7. The third kappa shape index (κ3) is 5.49. The number of amides is 2. The Bertz CT molecular complexity index is 678. The van der Waals surface area contributed by atoms with Gasteiger partial charge in [-0.1, -0.05) is 37.9 Å². The molecule has 2 fully saturated rings. The minimum absolute atomic E-state index is 0.0682. The minimum atomic E-state index is 0.0682. The molecule has 2 amide bonds. The van der Waals surface area contributed by atoms with Crippen molar-refractivity contribution in [3.63, 3.8) is 0 Å². The van der Waals surface area contributed by atoms with Crippen LogP contribution in [-0.2, 0) is 22.7 Å². The normalized spacial score (nSPS) is 23.5. The first-order valence-corrected chi connectivity index (χ1v) is 11.7. The molecule has 0 unspecified atom stereocenters. The van der Waals surface area contributed by atoms with Crippen LogP contribution in [0.2, 0.25) is 0 Å². The fraction of sp³-hybridized carbons (Fsp3) is 0.800. The zero-order chi connectivity index (χ0) is 19.9. The molecule has 1 aromatic heterocycles.